The number of carbonyl (C=O) groups is 1. The monoisotopic (exact) mass is 338 g/mol. The van der Waals surface area contributed by atoms with Crippen molar-refractivity contribution in [3.05, 3.63) is 63.9 Å². The van der Waals surface area contributed by atoms with Crippen molar-refractivity contribution in [3.63, 3.8) is 0 Å². The number of ether oxygens (including phenoxy) is 2. The van der Waals surface area contributed by atoms with Crippen LogP contribution in [0.15, 0.2) is 46.9 Å². The lowest BCUT2D eigenvalue weighted by Crippen LogP contribution is -2.02. The molecule has 0 saturated carbocycles. The number of benzene rings is 2. The smallest absolute Gasteiger partial charge is 0.337 e. The number of halogens is 2. The highest BCUT2D eigenvalue weighted by Gasteiger charge is 2.08. The van der Waals surface area contributed by atoms with Gasteiger partial charge in [0.25, 0.3) is 0 Å². The van der Waals surface area contributed by atoms with Gasteiger partial charge in [-0.25, -0.2) is 9.18 Å². The van der Waals surface area contributed by atoms with E-state index in [4.69, 9.17) is 4.74 Å². The third-order valence-corrected chi connectivity index (χ3v) is 3.31. The summed E-state index contributed by atoms with van der Waals surface area (Å²) in [5.74, 6) is -0.190. The first-order valence-corrected chi connectivity index (χ1v) is 6.65. The highest BCUT2D eigenvalue weighted by atomic mass is 79.9. The third kappa shape index (κ3) is 3.36. The second-order valence-corrected chi connectivity index (χ2v) is 4.87. The molecule has 0 fully saturated rings. The fourth-order valence-electron chi connectivity index (χ4n) is 1.63. The maximum absolute atomic E-state index is 13.7. The minimum absolute atomic E-state index is 0.114. The second-order valence-electron chi connectivity index (χ2n) is 4.02. The van der Waals surface area contributed by atoms with E-state index in [0.29, 0.717) is 21.3 Å². The summed E-state index contributed by atoms with van der Waals surface area (Å²) >= 11 is 3.12. The Hall–Kier alpha value is -1.88. The molecule has 3 nitrogen and oxygen atoms in total. The Morgan fingerprint density at radius 2 is 1.90 bits per heavy atom. The van der Waals surface area contributed by atoms with E-state index in [2.05, 4.69) is 20.7 Å². The maximum Gasteiger partial charge on any atom is 0.337 e. The van der Waals surface area contributed by atoms with Crippen molar-refractivity contribution in [2.45, 2.75) is 6.61 Å². The molecule has 0 aliphatic heterocycles. The molecule has 0 heterocycles. The van der Waals surface area contributed by atoms with Crippen LogP contribution in [0.3, 0.4) is 0 Å². The maximum atomic E-state index is 13.7. The van der Waals surface area contributed by atoms with E-state index in [-0.39, 0.29) is 12.4 Å². The summed E-state index contributed by atoms with van der Waals surface area (Å²) in [7, 11) is 1.32. The molecular formula is C15H12BrFO3. The molecule has 2 aromatic rings. The number of hydrogen-bond acceptors (Lipinski definition) is 3. The van der Waals surface area contributed by atoms with E-state index in [1.54, 1.807) is 42.5 Å². The zero-order valence-corrected chi connectivity index (χ0v) is 12.3. The number of rotatable bonds is 4. The van der Waals surface area contributed by atoms with Crippen molar-refractivity contribution in [2.24, 2.45) is 0 Å². The van der Waals surface area contributed by atoms with Gasteiger partial charge < -0.3 is 9.47 Å². The zero-order valence-electron chi connectivity index (χ0n) is 10.7. The molecule has 0 aromatic heterocycles. The highest BCUT2D eigenvalue weighted by Crippen LogP contribution is 2.20. The Morgan fingerprint density at radius 1 is 1.20 bits per heavy atom. The number of hydrogen-bond donors (Lipinski definition) is 0. The third-order valence-electron chi connectivity index (χ3n) is 2.70. The molecule has 0 atom stereocenters. The average molecular weight is 339 g/mol. The van der Waals surface area contributed by atoms with Gasteiger partial charge in [-0.2, -0.15) is 0 Å². The van der Waals surface area contributed by atoms with E-state index in [1.807, 2.05) is 0 Å². The fraction of sp³-hybridized carbons (Fsp3) is 0.133. The van der Waals surface area contributed by atoms with E-state index in [1.165, 1.54) is 7.11 Å². The molecular weight excluding hydrogens is 327 g/mol. The van der Waals surface area contributed by atoms with Gasteiger partial charge in [0.2, 0.25) is 0 Å². The first kappa shape index (κ1) is 14.5. The molecule has 0 aliphatic rings. The molecule has 0 aliphatic carbocycles. The molecule has 0 amide bonds. The van der Waals surface area contributed by atoms with Crippen molar-refractivity contribution in [2.75, 3.05) is 7.11 Å². The molecule has 0 N–H and O–H groups in total. The van der Waals surface area contributed by atoms with Gasteiger partial charge in [-0.05, 0) is 46.3 Å². The summed E-state index contributed by atoms with van der Waals surface area (Å²) in [6.07, 6.45) is 0. The van der Waals surface area contributed by atoms with Crippen LogP contribution in [0, 0.1) is 5.82 Å². The van der Waals surface area contributed by atoms with Crippen molar-refractivity contribution in [1.29, 1.82) is 0 Å². The van der Waals surface area contributed by atoms with Gasteiger partial charge in [0.1, 0.15) is 18.2 Å². The van der Waals surface area contributed by atoms with Gasteiger partial charge in [0.15, 0.2) is 0 Å². The van der Waals surface area contributed by atoms with Crippen LogP contribution in [0.5, 0.6) is 5.75 Å². The van der Waals surface area contributed by atoms with E-state index in [9.17, 15) is 9.18 Å². The van der Waals surface area contributed by atoms with Crippen LogP contribution in [-0.4, -0.2) is 13.1 Å². The van der Waals surface area contributed by atoms with Crippen molar-refractivity contribution < 1.29 is 18.7 Å². The topological polar surface area (TPSA) is 35.5 Å². The van der Waals surface area contributed by atoms with Crippen LogP contribution >= 0.6 is 15.9 Å². The molecule has 2 aromatic carbocycles. The highest BCUT2D eigenvalue weighted by molar-refractivity contribution is 9.10. The van der Waals surface area contributed by atoms with Gasteiger partial charge in [-0.3, -0.25) is 0 Å². The summed E-state index contributed by atoms with van der Waals surface area (Å²) in [4.78, 5) is 11.3. The van der Waals surface area contributed by atoms with E-state index >= 15 is 0 Å². The standard InChI is InChI=1S/C15H12BrFO3/c1-19-15(18)10-5-7-12(8-6-10)20-9-11-3-2-4-13(16)14(11)17/h2-8H,9H2,1H3. The predicted molar refractivity (Wildman–Crippen MR) is 76.2 cm³/mol. The van der Waals surface area contributed by atoms with Crippen LogP contribution in [-0.2, 0) is 11.3 Å². The average Bonchev–Trinajstić information content (AvgIpc) is 2.48. The minimum Gasteiger partial charge on any atom is -0.489 e. The molecule has 104 valence electrons. The SMILES string of the molecule is COC(=O)c1ccc(OCc2cccc(Br)c2F)cc1. The summed E-state index contributed by atoms with van der Waals surface area (Å²) < 4.78 is 24.2. The van der Waals surface area contributed by atoms with Crippen LogP contribution in [0.2, 0.25) is 0 Å². The van der Waals surface area contributed by atoms with Gasteiger partial charge in [0.05, 0.1) is 17.1 Å². The Morgan fingerprint density at radius 3 is 2.55 bits per heavy atom. The van der Waals surface area contributed by atoms with Crippen LogP contribution in [0.4, 0.5) is 4.39 Å². The van der Waals surface area contributed by atoms with Crippen molar-refractivity contribution >= 4 is 21.9 Å². The lowest BCUT2D eigenvalue weighted by molar-refractivity contribution is 0.0600. The van der Waals surface area contributed by atoms with Crippen LogP contribution in [0.1, 0.15) is 15.9 Å². The fourth-order valence-corrected chi connectivity index (χ4v) is 2.03. The number of esters is 1. The van der Waals surface area contributed by atoms with Gasteiger partial charge >= 0.3 is 5.97 Å². The Kier molecular flexibility index (Phi) is 4.74. The predicted octanol–water partition coefficient (Wildman–Crippen LogP) is 3.95. The molecule has 0 radical (unpaired) electrons. The molecule has 0 bridgehead atoms. The number of methoxy groups -OCH3 is 1. The normalized spacial score (nSPS) is 10.2. The van der Waals surface area contributed by atoms with Crippen molar-refractivity contribution in [1.82, 2.24) is 0 Å². The van der Waals surface area contributed by atoms with Crippen LogP contribution < -0.4 is 4.74 Å². The summed E-state index contributed by atoms with van der Waals surface area (Å²) in [5.41, 5.74) is 0.893. The summed E-state index contributed by atoms with van der Waals surface area (Å²) in [6, 6.07) is 11.5. The first-order valence-electron chi connectivity index (χ1n) is 5.86. The minimum atomic E-state index is -0.408. The molecule has 0 spiro atoms. The number of carbonyl (C=O) groups excluding carboxylic acids is 1. The molecule has 5 heteroatoms. The largest absolute Gasteiger partial charge is 0.489 e. The Bertz CT molecular complexity index is 611. The van der Waals surface area contributed by atoms with Gasteiger partial charge in [0, 0.05) is 5.56 Å². The van der Waals surface area contributed by atoms with Gasteiger partial charge in [-0.15, -0.1) is 0 Å². The molecule has 0 unspecified atom stereocenters. The van der Waals surface area contributed by atoms with E-state index in [0.717, 1.165) is 0 Å². The molecule has 20 heavy (non-hydrogen) atoms. The lowest BCUT2D eigenvalue weighted by Gasteiger charge is -2.08. The van der Waals surface area contributed by atoms with E-state index < -0.39 is 5.97 Å². The molecule has 2 rings (SSSR count). The lowest BCUT2D eigenvalue weighted by atomic mass is 10.2. The quantitative estimate of drug-likeness (QED) is 0.791. The molecule has 0 saturated heterocycles. The second kappa shape index (κ2) is 6.52. The Labute approximate surface area is 124 Å². The first-order chi connectivity index (χ1) is 9.61. The summed E-state index contributed by atoms with van der Waals surface area (Å²) in [5, 5.41) is 0. The zero-order chi connectivity index (χ0) is 14.5. The van der Waals surface area contributed by atoms with Gasteiger partial charge in [-0.1, -0.05) is 12.1 Å². The summed E-state index contributed by atoms with van der Waals surface area (Å²) in [6.45, 7) is 0.114. The Balaban J connectivity index is 2.04. The van der Waals surface area contributed by atoms with Crippen molar-refractivity contribution in [3.8, 4) is 5.75 Å². The van der Waals surface area contributed by atoms with Crippen LogP contribution in [0.25, 0.3) is 0 Å².